The Labute approximate surface area is 125 Å². The summed E-state index contributed by atoms with van der Waals surface area (Å²) in [7, 11) is -3.58. The largest absolute Gasteiger partial charge is 0.392 e. The first-order valence-corrected chi connectivity index (χ1v) is 8.34. The van der Waals surface area contributed by atoms with E-state index in [1.165, 1.54) is 18.2 Å². The van der Waals surface area contributed by atoms with Crippen molar-refractivity contribution in [2.75, 3.05) is 19.8 Å². The molecule has 0 atom stereocenters. The van der Waals surface area contributed by atoms with Gasteiger partial charge in [-0.15, -0.1) is 0 Å². The molecule has 0 amide bonds. The Kier molecular flexibility index (Phi) is 7.47. The molecule has 1 aromatic carbocycles. The van der Waals surface area contributed by atoms with Gasteiger partial charge in [0.1, 0.15) is 0 Å². The van der Waals surface area contributed by atoms with Crippen LogP contribution in [-0.2, 0) is 21.4 Å². The van der Waals surface area contributed by atoms with Gasteiger partial charge in [-0.3, -0.25) is 0 Å². The highest BCUT2D eigenvalue weighted by atomic mass is 35.5. The van der Waals surface area contributed by atoms with Gasteiger partial charge in [0.2, 0.25) is 10.0 Å². The fourth-order valence-corrected chi connectivity index (χ4v) is 2.85. The average Bonchev–Trinajstić information content (AvgIpc) is 2.43. The first-order chi connectivity index (χ1) is 9.51. The van der Waals surface area contributed by atoms with Crippen LogP contribution < -0.4 is 4.72 Å². The smallest absolute Gasteiger partial charge is 0.240 e. The highest BCUT2D eigenvalue weighted by molar-refractivity contribution is 7.89. The van der Waals surface area contributed by atoms with Crippen LogP contribution in [0.3, 0.4) is 0 Å². The number of hydrogen-bond donors (Lipinski definition) is 2. The molecule has 0 bridgehead atoms. The summed E-state index contributed by atoms with van der Waals surface area (Å²) in [6, 6.07) is 4.25. The summed E-state index contributed by atoms with van der Waals surface area (Å²) in [5.74, 6) is 0. The van der Waals surface area contributed by atoms with Gasteiger partial charge in [-0.25, -0.2) is 13.1 Å². The maximum Gasteiger partial charge on any atom is 0.240 e. The molecule has 0 unspecified atom stereocenters. The molecule has 0 saturated heterocycles. The number of hydrogen-bond acceptors (Lipinski definition) is 4. The van der Waals surface area contributed by atoms with Crippen LogP contribution >= 0.6 is 11.6 Å². The highest BCUT2D eigenvalue weighted by Gasteiger charge is 2.14. The normalized spacial score (nSPS) is 11.8. The number of rotatable bonds is 9. The van der Waals surface area contributed by atoms with Gasteiger partial charge < -0.3 is 9.84 Å². The third kappa shape index (κ3) is 5.38. The molecule has 1 aromatic rings. The molecule has 2 N–H and O–H groups in total. The Hall–Kier alpha value is -0.660. The second-order valence-corrected chi connectivity index (χ2v) is 6.45. The molecule has 7 heteroatoms. The maximum absolute atomic E-state index is 12.0. The van der Waals surface area contributed by atoms with Crippen LogP contribution in [0.25, 0.3) is 0 Å². The predicted octanol–water partition coefficient (Wildman–Crippen LogP) is 1.93. The van der Waals surface area contributed by atoms with E-state index >= 15 is 0 Å². The summed E-state index contributed by atoms with van der Waals surface area (Å²) in [6.45, 7) is 3.24. The first kappa shape index (κ1) is 17.4. The van der Waals surface area contributed by atoms with Crippen LogP contribution in [0.1, 0.15) is 25.3 Å². The third-order valence-electron chi connectivity index (χ3n) is 2.60. The highest BCUT2D eigenvalue weighted by Crippen LogP contribution is 2.20. The van der Waals surface area contributed by atoms with E-state index in [1.54, 1.807) is 0 Å². The summed E-state index contributed by atoms with van der Waals surface area (Å²) in [6.07, 6.45) is 1.56. The van der Waals surface area contributed by atoms with Crippen LogP contribution in [0.2, 0.25) is 5.02 Å². The van der Waals surface area contributed by atoms with Gasteiger partial charge in [0.05, 0.1) is 11.5 Å². The monoisotopic (exact) mass is 321 g/mol. The first-order valence-electron chi connectivity index (χ1n) is 6.48. The van der Waals surface area contributed by atoms with Gasteiger partial charge in [-0.1, -0.05) is 18.5 Å². The Morgan fingerprint density at radius 1 is 1.35 bits per heavy atom. The van der Waals surface area contributed by atoms with Crippen molar-refractivity contribution in [3.8, 4) is 0 Å². The zero-order chi connectivity index (χ0) is 15.0. The van der Waals surface area contributed by atoms with Crippen molar-refractivity contribution in [1.29, 1.82) is 0 Å². The van der Waals surface area contributed by atoms with E-state index in [2.05, 4.69) is 4.72 Å². The molecule has 1 rings (SSSR count). The number of halogens is 1. The minimum atomic E-state index is -3.58. The summed E-state index contributed by atoms with van der Waals surface area (Å²) < 4.78 is 31.8. The Morgan fingerprint density at radius 2 is 2.10 bits per heavy atom. The van der Waals surface area contributed by atoms with Crippen molar-refractivity contribution in [3.63, 3.8) is 0 Å². The van der Waals surface area contributed by atoms with Crippen LogP contribution in [0.15, 0.2) is 23.1 Å². The summed E-state index contributed by atoms with van der Waals surface area (Å²) in [5, 5.41) is 9.44. The molecule has 20 heavy (non-hydrogen) atoms. The minimum Gasteiger partial charge on any atom is -0.392 e. The van der Waals surface area contributed by atoms with Crippen molar-refractivity contribution in [3.05, 3.63) is 28.8 Å². The molecule has 0 heterocycles. The maximum atomic E-state index is 12.0. The Morgan fingerprint density at radius 3 is 2.75 bits per heavy atom. The van der Waals surface area contributed by atoms with Crippen LogP contribution in [-0.4, -0.2) is 33.3 Å². The van der Waals surface area contributed by atoms with Gasteiger partial charge in [-0.2, -0.15) is 0 Å². The van der Waals surface area contributed by atoms with E-state index in [0.717, 1.165) is 6.42 Å². The minimum absolute atomic E-state index is 0.0976. The molecule has 0 aliphatic heterocycles. The molecular weight excluding hydrogens is 302 g/mol. The third-order valence-corrected chi connectivity index (χ3v) is 4.43. The summed E-state index contributed by atoms with van der Waals surface area (Å²) in [5.41, 5.74) is 0.390. The molecule has 0 spiro atoms. The molecule has 0 fully saturated rings. The number of aliphatic hydroxyl groups excluding tert-OH is 1. The van der Waals surface area contributed by atoms with Crippen LogP contribution in [0.4, 0.5) is 0 Å². The van der Waals surface area contributed by atoms with Gasteiger partial charge in [0, 0.05) is 24.8 Å². The average molecular weight is 322 g/mol. The lowest BCUT2D eigenvalue weighted by atomic mass is 10.2. The topological polar surface area (TPSA) is 75.6 Å². The van der Waals surface area contributed by atoms with E-state index in [-0.39, 0.29) is 11.5 Å². The fourth-order valence-electron chi connectivity index (χ4n) is 1.55. The quantitative estimate of drug-likeness (QED) is 0.681. The number of benzene rings is 1. The van der Waals surface area contributed by atoms with E-state index < -0.39 is 10.0 Å². The standard InChI is InChI=1S/C13H20ClNO4S/c1-2-7-19-8-3-6-15-20(17,18)12-4-5-13(14)11(9-12)10-16/h4-5,9,15-16H,2-3,6-8,10H2,1H3. The van der Waals surface area contributed by atoms with Crippen molar-refractivity contribution < 1.29 is 18.3 Å². The van der Waals surface area contributed by atoms with Crippen molar-refractivity contribution in [2.24, 2.45) is 0 Å². The second-order valence-electron chi connectivity index (χ2n) is 4.28. The van der Waals surface area contributed by atoms with Gasteiger partial charge in [-0.05, 0) is 36.6 Å². The molecule has 0 aromatic heterocycles. The molecular formula is C13H20ClNO4S. The predicted molar refractivity (Wildman–Crippen MR) is 78.3 cm³/mol. The number of aliphatic hydroxyl groups is 1. The SMILES string of the molecule is CCCOCCCNS(=O)(=O)c1ccc(Cl)c(CO)c1. The van der Waals surface area contributed by atoms with Gasteiger partial charge in [0.15, 0.2) is 0 Å². The number of ether oxygens (including phenoxy) is 1. The summed E-state index contributed by atoms with van der Waals surface area (Å²) >= 11 is 5.83. The molecule has 5 nitrogen and oxygen atoms in total. The lowest BCUT2D eigenvalue weighted by molar-refractivity contribution is 0.133. The second kappa shape index (κ2) is 8.59. The van der Waals surface area contributed by atoms with E-state index in [9.17, 15) is 8.42 Å². The zero-order valence-electron chi connectivity index (χ0n) is 11.4. The number of sulfonamides is 1. The van der Waals surface area contributed by atoms with Crippen LogP contribution in [0.5, 0.6) is 0 Å². The van der Waals surface area contributed by atoms with Crippen LogP contribution in [0, 0.1) is 0 Å². The van der Waals surface area contributed by atoms with E-state index in [4.69, 9.17) is 21.4 Å². The molecule has 0 saturated carbocycles. The lowest BCUT2D eigenvalue weighted by Crippen LogP contribution is -2.25. The fraction of sp³-hybridized carbons (Fsp3) is 0.538. The van der Waals surface area contributed by atoms with Crippen molar-refractivity contribution in [2.45, 2.75) is 31.3 Å². The zero-order valence-corrected chi connectivity index (χ0v) is 13.0. The van der Waals surface area contributed by atoms with Crippen molar-refractivity contribution in [1.82, 2.24) is 4.72 Å². The van der Waals surface area contributed by atoms with Gasteiger partial charge >= 0.3 is 0 Å². The Bertz CT molecular complexity index is 519. The Balaban J connectivity index is 2.56. The summed E-state index contributed by atoms with van der Waals surface area (Å²) in [4.78, 5) is 0.0976. The van der Waals surface area contributed by atoms with E-state index in [0.29, 0.717) is 36.8 Å². The molecule has 0 aliphatic rings. The number of nitrogens with one attached hydrogen (secondary N) is 1. The lowest BCUT2D eigenvalue weighted by Gasteiger charge is -2.09. The molecule has 0 aliphatic carbocycles. The van der Waals surface area contributed by atoms with Gasteiger partial charge in [0.25, 0.3) is 0 Å². The molecule has 0 radical (unpaired) electrons. The van der Waals surface area contributed by atoms with E-state index in [1.807, 2.05) is 6.92 Å². The van der Waals surface area contributed by atoms with Crippen molar-refractivity contribution >= 4 is 21.6 Å². The molecule has 114 valence electrons.